The zero-order valence-corrected chi connectivity index (χ0v) is 12.4. The maximum atomic E-state index is 11.8. The largest absolute Gasteiger partial charge is 0.361 e. The van der Waals surface area contributed by atoms with Crippen molar-refractivity contribution in [1.29, 1.82) is 0 Å². The van der Waals surface area contributed by atoms with Gasteiger partial charge in [0.25, 0.3) is 0 Å². The fourth-order valence-electron chi connectivity index (χ4n) is 1.99. The number of hydrogen-bond donors (Lipinski definition) is 4. The minimum absolute atomic E-state index is 0.0237. The molecular weight excluding hydrogens is 284 g/mol. The van der Waals surface area contributed by atoms with Crippen LogP contribution in [0.1, 0.15) is 13.8 Å². The molecule has 1 aromatic carbocycles. The number of nitrogens with one attached hydrogen (secondary N) is 4. The van der Waals surface area contributed by atoms with Crippen molar-refractivity contribution < 1.29 is 14.4 Å². The van der Waals surface area contributed by atoms with Crippen LogP contribution in [0.4, 0.5) is 5.69 Å². The van der Waals surface area contributed by atoms with Gasteiger partial charge in [-0.05, 0) is 32.0 Å². The molecule has 0 fully saturated rings. The third-order valence-corrected chi connectivity index (χ3v) is 2.91. The molecule has 0 atom stereocenters. The standard InChI is InChI=1S/C15H18N4O3/c1-9(2)18-13(20)8-17-14(21)15(22)19-12-5-3-4-11-10(12)6-7-16-11/h3-7,9,16H,8H2,1-2H3,(H,17,21)(H,18,20)(H,19,22). The van der Waals surface area contributed by atoms with Gasteiger partial charge in [-0.25, -0.2) is 0 Å². The summed E-state index contributed by atoms with van der Waals surface area (Å²) in [6, 6.07) is 7.11. The molecule has 0 saturated heterocycles. The highest BCUT2D eigenvalue weighted by molar-refractivity contribution is 6.40. The molecule has 116 valence electrons. The van der Waals surface area contributed by atoms with Gasteiger partial charge >= 0.3 is 11.8 Å². The summed E-state index contributed by atoms with van der Waals surface area (Å²) in [6.07, 6.45) is 1.75. The van der Waals surface area contributed by atoms with Crippen molar-refractivity contribution in [2.45, 2.75) is 19.9 Å². The number of carbonyl (C=O) groups excluding carboxylic acids is 3. The molecule has 0 radical (unpaired) electrons. The van der Waals surface area contributed by atoms with Crippen LogP contribution in [0.25, 0.3) is 10.9 Å². The third-order valence-electron chi connectivity index (χ3n) is 2.91. The summed E-state index contributed by atoms with van der Waals surface area (Å²) in [4.78, 5) is 38.0. The number of rotatable bonds is 4. The van der Waals surface area contributed by atoms with Crippen LogP contribution >= 0.6 is 0 Å². The van der Waals surface area contributed by atoms with Crippen LogP contribution in [-0.4, -0.2) is 35.3 Å². The topological polar surface area (TPSA) is 103 Å². The average Bonchev–Trinajstić information content (AvgIpc) is 2.93. The van der Waals surface area contributed by atoms with Crippen LogP contribution in [0.5, 0.6) is 0 Å². The number of fused-ring (bicyclic) bond motifs is 1. The van der Waals surface area contributed by atoms with Crippen LogP contribution in [0, 0.1) is 0 Å². The van der Waals surface area contributed by atoms with E-state index in [4.69, 9.17) is 0 Å². The third kappa shape index (κ3) is 3.85. The van der Waals surface area contributed by atoms with Gasteiger partial charge in [-0.3, -0.25) is 14.4 Å². The van der Waals surface area contributed by atoms with Crippen molar-refractivity contribution in [3.05, 3.63) is 30.5 Å². The molecule has 0 aliphatic rings. The minimum atomic E-state index is -0.855. The predicted molar refractivity (Wildman–Crippen MR) is 83.2 cm³/mol. The Balaban J connectivity index is 1.93. The van der Waals surface area contributed by atoms with Gasteiger partial charge in [-0.15, -0.1) is 0 Å². The number of carbonyl (C=O) groups is 3. The van der Waals surface area contributed by atoms with Gasteiger partial charge in [-0.1, -0.05) is 6.07 Å². The molecule has 1 heterocycles. The first-order valence-electron chi connectivity index (χ1n) is 6.92. The summed E-state index contributed by atoms with van der Waals surface area (Å²) >= 11 is 0. The summed E-state index contributed by atoms with van der Waals surface area (Å²) < 4.78 is 0. The van der Waals surface area contributed by atoms with Gasteiger partial charge < -0.3 is 20.9 Å². The van der Waals surface area contributed by atoms with E-state index in [0.29, 0.717) is 5.69 Å². The Hall–Kier alpha value is -2.83. The van der Waals surface area contributed by atoms with Crippen LogP contribution in [-0.2, 0) is 14.4 Å². The van der Waals surface area contributed by atoms with E-state index in [1.165, 1.54) is 0 Å². The highest BCUT2D eigenvalue weighted by Gasteiger charge is 2.16. The average molecular weight is 302 g/mol. The van der Waals surface area contributed by atoms with Gasteiger partial charge in [-0.2, -0.15) is 0 Å². The SMILES string of the molecule is CC(C)NC(=O)CNC(=O)C(=O)Nc1cccc2[nH]ccc12. The smallest absolute Gasteiger partial charge is 0.313 e. The first kappa shape index (κ1) is 15.6. The molecule has 0 unspecified atom stereocenters. The number of aromatic nitrogens is 1. The van der Waals surface area contributed by atoms with Crippen molar-refractivity contribution >= 4 is 34.3 Å². The number of hydrogen-bond acceptors (Lipinski definition) is 3. The Bertz CT molecular complexity index is 706. The monoisotopic (exact) mass is 302 g/mol. The second-order valence-electron chi connectivity index (χ2n) is 5.10. The number of aromatic amines is 1. The van der Waals surface area contributed by atoms with Crippen LogP contribution in [0.15, 0.2) is 30.5 Å². The quantitative estimate of drug-likeness (QED) is 0.626. The molecule has 3 amide bonds. The molecule has 1 aromatic heterocycles. The van der Waals surface area contributed by atoms with Crippen molar-refractivity contribution in [2.75, 3.05) is 11.9 Å². The summed E-state index contributed by atoms with van der Waals surface area (Å²) in [5.74, 6) is -2.01. The molecule has 4 N–H and O–H groups in total. The number of anilines is 1. The van der Waals surface area contributed by atoms with E-state index in [1.54, 1.807) is 24.4 Å². The maximum absolute atomic E-state index is 11.8. The lowest BCUT2D eigenvalue weighted by Gasteiger charge is -2.09. The Morgan fingerprint density at radius 3 is 2.64 bits per heavy atom. The Morgan fingerprint density at radius 1 is 1.14 bits per heavy atom. The van der Waals surface area contributed by atoms with Crippen molar-refractivity contribution in [1.82, 2.24) is 15.6 Å². The normalized spacial score (nSPS) is 10.5. The number of amides is 3. The van der Waals surface area contributed by atoms with Crippen LogP contribution in [0.3, 0.4) is 0 Å². The fraction of sp³-hybridized carbons (Fsp3) is 0.267. The van der Waals surface area contributed by atoms with Gasteiger partial charge in [0, 0.05) is 23.1 Å². The number of benzene rings is 1. The van der Waals surface area contributed by atoms with Gasteiger partial charge in [0.15, 0.2) is 0 Å². The van der Waals surface area contributed by atoms with Crippen LogP contribution in [0.2, 0.25) is 0 Å². The fourth-order valence-corrected chi connectivity index (χ4v) is 1.99. The molecule has 0 aliphatic carbocycles. The highest BCUT2D eigenvalue weighted by Crippen LogP contribution is 2.21. The van der Waals surface area contributed by atoms with E-state index in [9.17, 15) is 14.4 Å². The molecule has 7 heteroatoms. The molecular formula is C15H18N4O3. The molecule has 0 bridgehead atoms. The molecule has 7 nitrogen and oxygen atoms in total. The first-order valence-corrected chi connectivity index (χ1v) is 6.92. The molecule has 0 spiro atoms. The number of H-pyrrole nitrogens is 1. The van der Waals surface area contributed by atoms with E-state index in [0.717, 1.165) is 10.9 Å². The van der Waals surface area contributed by atoms with Crippen LogP contribution < -0.4 is 16.0 Å². The van der Waals surface area contributed by atoms with E-state index < -0.39 is 11.8 Å². The van der Waals surface area contributed by atoms with Gasteiger partial charge in [0.05, 0.1) is 12.2 Å². The Kier molecular flexibility index (Phi) is 4.77. The van der Waals surface area contributed by atoms with Crippen molar-refractivity contribution in [2.24, 2.45) is 0 Å². The van der Waals surface area contributed by atoms with E-state index >= 15 is 0 Å². The molecule has 2 aromatic rings. The van der Waals surface area contributed by atoms with Gasteiger partial charge in [0.1, 0.15) is 0 Å². The summed E-state index contributed by atoms with van der Waals surface area (Å²) in [5.41, 5.74) is 1.39. The predicted octanol–water partition coefficient (Wildman–Crippen LogP) is 0.747. The summed E-state index contributed by atoms with van der Waals surface area (Å²) in [5, 5.41) is 8.24. The first-order chi connectivity index (χ1) is 10.5. The zero-order chi connectivity index (χ0) is 16.1. The molecule has 2 rings (SSSR count). The second kappa shape index (κ2) is 6.75. The lowest BCUT2D eigenvalue weighted by Crippen LogP contribution is -2.43. The minimum Gasteiger partial charge on any atom is -0.361 e. The lowest BCUT2D eigenvalue weighted by molar-refractivity contribution is -0.136. The van der Waals surface area contributed by atoms with E-state index in [-0.39, 0.29) is 18.5 Å². The maximum Gasteiger partial charge on any atom is 0.313 e. The molecule has 22 heavy (non-hydrogen) atoms. The van der Waals surface area contributed by atoms with E-state index in [1.807, 2.05) is 19.9 Å². The Morgan fingerprint density at radius 2 is 1.91 bits per heavy atom. The highest BCUT2D eigenvalue weighted by atomic mass is 16.2. The summed E-state index contributed by atoms with van der Waals surface area (Å²) in [7, 11) is 0. The van der Waals surface area contributed by atoms with Crippen molar-refractivity contribution in [3.63, 3.8) is 0 Å². The Labute approximate surface area is 127 Å². The summed E-state index contributed by atoms with van der Waals surface area (Å²) in [6.45, 7) is 3.38. The van der Waals surface area contributed by atoms with Crippen molar-refractivity contribution in [3.8, 4) is 0 Å². The van der Waals surface area contributed by atoms with Gasteiger partial charge in [0.2, 0.25) is 5.91 Å². The second-order valence-corrected chi connectivity index (χ2v) is 5.10. The van der Waals surface area contributed by atoms with E-state index in [2.05, 4.69) is 20.9 Å². The molecule has 0 aliphatic heterocycles. The molecule has 0 saturated carbocycles. The zero-order valence-electron chi connectivity index (χ0n) is 12.4. The lowest BCUT2D eigenvalue weighted by atomic mass is 10.2.